The molecule has 1 aromatic rings. The maximum Gasteiger partial charge on any atom is 0.390 e. The molecule has 1 aromatic carbocycles. The average Bonchev–Trinajstić information content (AvgIpc) is 2.40. The van der Waals surface area contributed by atoms with E-state index in [0.29, 0.717) is 26.2 Å². The Morgan fingerprint density at radius 3 is 2.43 bits per heavy atom. The summed E-state index contributed by atoms with van der Waals surface area (Å²) in [5, 5.41) is 13.3. The van der Waals surface area contributed by atoms with Gasteiger partial charge in [-0.15, -0.1) is 0 Å². The van der Waals surface area contributed by atoms with Crippen molar-refractivity contribution in [2.24, 2.45) is 0 Å². The van der Waals surface area contributed by atoms with Gasteiger partial charge in [-0.3, -0.25) is 4.90 Å². The zero-order chi connectivity index (χ0) is 15.6. The van der Waals surface area contributed by atoms with Crippen LogP contribution in [0.4, 0.5) is 13.2 Å². The molecule has 1 heterocycles. The Bertz CT molecular complexity index is 505. The Kier molecular flexibility index (Phi) is 5.24. The maximum absolute atomic E-state index is 12.9. The number of phenols is 1. The molecule has 1 saturated heterocycles. The number of piperazine rings is 1. The lowest BCUT2D eigenvalue weighted by Gasteiger charge is -2.36. The Balaban J connectivity index is 2.38. The van der Waals surface area contributed by atoms with Crippen molar-refractivity contribution in [3.8, 4) is 5.75 Å². The summed E-state index contributed by atoms with van der Waals surface area (Å²) in [4.78, 5) is 1.69. The van der Waals surface area contributed by atoms with Gasteiger partial charge >= 0.3 is 6.18 Å². The van der Waals surface area contributed by atoms with Crippen LogP contribution in [0.3, 0.4) is 0 Å². The Labute approximate surface area is 130 Å². The third-order valence-electron chi connectivity index (χ3n) is 3.43. The van der Waals surface area contributed by atoms with Crippen molar-refractivity contribution in [2.45, 2.75) is 18.6 Å². The Hall–Kier alpha value is -0.690. The fraction of sp³-hybridized carbons (Fsp3) is 0.538. The van der Waals surface area contributed by atoms with Crippen molar-refractivity contribution in [3.05, 3.63) is 27.7 Å². The van der Waals surface area contributed by atoms with Gasteiger partial charge in [0.1, 0.15) is 5.75 Å². The minimum atomic E-state index is -4.35. The summed E-state index contributed by atoms with van der Waals surface area (Å²) in [6.07, 6.45) is -5.41. The van der Waals surface area contributed by atoms with Gasteiger partial charge in [0.25, 0.3) is 0 Å². The Morgan fingerprint density at radius 1 is 1.24 bits per heavy atom. The van der Waals surface area contributed by atoms with E-state index >= 15 is 0 Å². The fourth-order valence-electron chi connectivity index (χ4n) is 2.49. The van der Waals surface area contributed by atoms with Crippen molar-refractivity contribution >= 4 is 23.2 Å². The SMILES string of the molecule is Oc1c(Cl)cc(Cl)cc1[C@@H](CC(F)(F)F)N1CCNCC1. The first-order valence-corrected chi connectivity index (χ1v) is 7.23. The van der Waals surface area contributed by atoms with Crippen LogP contribution in [-0.4, -0.2) is 42.4 Å². The highest BCUT2D eigenvalue weighted by molar-refractivity contribution is 6.35. The molecule has 1 fully saturated rings. The quantitative estimate of drug-likeness (QED) is 0.880. The molecule has 3 nitrogen and oxygen atoms in total. The third kappa shape index (κ3) is 4.39. The Morgan fingerprint density at radius 2 is 1.86 bits per heavy atom. The molecule has 118 valence electrons. The molecule has 1 aliphatic rings. The molecule has 0 amide bonds. The van der Waals surface area contributed by atoms with Crippen LogP contribution in [0.1, 0.15) is 18.0 Å². The number of nitrogens with zero attached hydrogens (tertiary/aromatic N) is 1. The lowest BCUT2D eigenvalue weighted by atomic mass is 9.99. The normalized spacial score (nSPS) is 18.7. The van der Waals surface area contributed by atoms with Crippen LogP contribution in [0.25, 0.3) is 0 Å². The molecule has 0 spiro atoms. The fourth-order valence-corrected chi connectivity index (χ4v) is 3.00. The van der Waals surface area contributed by atoms with Crippen LogP contribution >= 0.6 is 23.2 Å². The lowest BCUT2D eigenvalue weighted by Crippen LogP contribution is -2.46. The van der Waals surface area contributed by atoms with Gasteiger partial charge in [0.2, 0.25) is 0 Å². The summed E-state index contributed by atoms with van der Waals surface area (Å²) in [6, 6.07) is 1.66. The lowest BCUT2D eigenvalue weighted by molar-refractivity contribution is -0.148. The van der Waals surface area contributed by atoms with Gasteiger partial charge < -0.3 is 10.4 Å². The monoisotopic (exact) mass is 342 g/mol. The highest BCUT2D eigenvalue weighted by Gasteiger charge is 2.37. The molecule has 1 aliphatic heterocycles. The van der Waals surface area contributed by atoms with Crippen LogP contribution in [0.2, 0.25) is 10.0 Å². The van der Waals surface area contributed by atoms with Crippen LogP contribution in [0.5, 0.6) is 5.75 Å². The summed E-state index contributed by atoms with van der Waals surface area (Å²) in [5.41, 5.74) is 0.117. The number of phenolic OH excluding ortho intramolecular Hbond substituents is 1. The van der Waals surface area contributed by atoms with Crippen LogP contribution in [-0.2, 0) is 0 Å². The van der Waals surface area contributed by atoms with E-state index in [0.717, 1.165) is 0 Å². The van der Waals surface area contributed by atoms with E-state index in [1.54, 1.807) is 4.90 Å². The third-order valence-corrected chi connectivity index (χ3v) is 3.94. The van der Waals surface area contributed by atoms with E-state index in [4.69, 9.17) is 23.2 Å². The van der Waals surface area contributed by atoms with E-state index < -0.39 is 18.6 Å². The summed E-state index contributed by atoms with van der Waals surface area (Å²) >= 11 is 11.7. The van der Waals surface area contributed by atoms with Gasteiger partial charge in [-0.25, -0.2) is 0 Å². The van der Waals surface area contributed by atoms with E-state index in [9.17, 15) is 18.3 Å². The minimum Gasteiger partial charge on any atom is -0.506 e. The zero-order valence-corrected chi connectivity index (χ0v) is 12.6. The predicted molar refractivity (Wildman–Crippen MR) is 76.0 cm³/mol. The standard InChI is InChI=1S/C13H15Cl2F3N2O/c14-8-5-9(12(21)10(15)6-8)11(7-13(16,17)18)20-3-1-19-2-4-20/h5-6,11,19,21H,1-4,7H2/t11-/m1/s1. The smallest absolute Gasteiger partial charge is 0.390 e. The molecule has 0 bridgehead atoms. The van der Waals surface area contributed by atoms with E-state index in [-0.39, 0.29) is 21.4 Å². The van der Waals surface area contributed by atoms with Gasteiger partial charge in [0.05, 0.1) is 11.4 Å². The molecule has 0 radical (unpaired) electrons. The average molecular weight is 343 g/mol. The first-order valence-electron chi connectivity index (χ1n) is 6.47. The number of nitrogens with one attached hydrogen (secondary N) is 1. The van der Waals surface area contributed by atoms with Gasteiger partial charge in [-0.1, -0.05) is 23.2 Å². The molecule has 0 aliphatic carbocycles. The molecule has 0 saturated carbocycles. The number of alkyl halides is 3. The topological polar surface area (TPSA) is 35.5 Å². The molecule has 0 aromatic heterocycles. The highest BCUT2D eigenvalue weighted by Crippen LogP contribution is 2.41. The van der Waals surface area contributed by atoms with Crippen LogP contribution in [0.15, 0.2) is 12.1 Å². The summed E-state index contributed by atoms with van der Waals surface area (Å²) < 4.78 is 38.7. The van der Waals surface area contributed by atoms with Crippen molar-refractivity contribution in [2.75, 3.05) is 26.2 Å². The van der Waals surface area contributed by atoms with Crippen molar-refractivity contribution in [1.29, 1.82) is 0 Å². The van der Waals surface area contributed by atoms with Gasteiger partial charge in [-0.2, -0.15) is 13.2 Å². The van der Waals surface area contributed by atoms with E-state index in [1.807, 2.05) is 0 Å². The first kappa shape index (κ1) is 16.7. The first-order chi connectivity index (χ1) is 9.78. The second kappa shape index (κ2) is 6.60. The molecule has 0 unspecified atom stereocenters. The number of aromatic hydroxyl groups is 1. The number of rotatable bonds is 3. The zero-order valence-electron chi connectivity index (χ0n) is 11.1. The maximum atomic E-state index is 12.9. The summed E-state index contributed by atoms with van der Waals surface area (Å²) in [5.74, 6) is -0.339. The predicted octanol–water partition coefficient (Wildman–Crippen LogP) is 3.60. The van der Waals surface area contributed by atoms with Crippen LogP contribution in [0, 0.1) is 0 Å². The largest absolute Gasteiger partial charge is 0.506 e. The molecule has 8 heteroatoms. The summed E-state index contributed by atoms with van der Waals surface area (Å²) in [6.45, 7) is 2.13. The van der Waals surface area contributed by atoms with Crippen LogP contribution < -0.4 is 5.32 Å². The number of hydrogen-bond acceptors (Lipinski definition) is 3. The number of halogens is 5. The summed E-state index contributed by atoms with van der Waals surface area (Å²) in [7, 11) is 0. The minimum absolute atomic E-state index is 0.0418. The van der Waals surface area contributed by atoms with Crippen molar-refractivity contribution in [3.63, 3.8) is 0 Å². The van der Waals surface area contributed by atoms with Gasteiger partial charge in [-0.05, 0) is 12.1 Å². The molecule has 21 heavy (non-hydrogen) atoms. The van der Waals surface area contributed by atoms with Gasteiger partial charge in [0.15, 0.2) is 0 Å². The molecule has 2 rings (SSSR count). The molecule has 1 atom stereocenters. The van der Waals surface area contributed by atoms with Gasteiger partial charge in [0, 0.05) is 42.8 Å². The molecular weight excluding hydrogens is 328 g/mol. The van der Waals surface area contributed by atoms with Crippen molar-refractivity contribution < 1.29 is 18.3 Å². The molecular formula is C13H15Cl2F3N2O. The van der Waals surface area contributed by atoms with E-state index in [1.165, 1.54) is 12.1 Å². The number of benzene rings is 1. The highest BCUT2D eigenvalue weighted by atomic mass is 35.5. The van der Waals surface area contributed by atoms with E-state index in [2.05, 4.69) is 5.32 Å². The molecule has 2 N–H and O–H groups in total. The van der Waals surface area contributed by atoms with Crippen molar-refractivity contribution in [1.82, 2.24) is 10.2 Å². The second-order valence-electron chi connectivity index (χ2n) is 4.95. The number of hydrogen-bond donors (Lipinski definition) is 2. The second-order valence-corrected chi connectivity index (χ2v) is 5.79.